The molecule has 0 amide bonds. The maximum atomic E-state index is 6.18. The van der Waals surface area contributed by atoms with Gasteiger partial charge in [0.15, 0.2) is 0 Å². The first-order valence-corrected chi connectivity index (χ1v) is 6.74. The van der Waals surface area contributed by atoms with Gasteiger partial charge in [0, 0.05) is 23.6 Å². The minimum Gasteiger partial charge on any atom is -0.480 e. The van der Waals surface area contributed by atoms with Crippen molar-refractivity contribution in [3.05, 3.63) is 59.9 Å². The van der Waals surface area contributed by atoms with Gasteiger partial charge >= 0.3 is 0 Å². The molecule has 0 saturated carbocycles. The second-order valence-electron chi connectivity index (χ2n) is 4.81. The number of hydrogen-bond acceptors (Lipinski definition) is 5. The summed E-state index contributed by atoms with van der Waals surface area (Å²) >= 11 is 0. The van der Waals surface area contributed by atoms with E-state index in [1.165, 1.54) is 0 Å². The van der Waals surface area contributed by atoms with Gasteiger partial charge in [-0.15, -0.1) is 5.10 Å². The number of methoxy groups -OCH3 is 1. The zero-order valence-corrected chi connectivity index (χ0v) is 11.7. The topological polar surface area (TPSA) is 73.9 Å². The van der Waals surface area contributed by atoms with Crippen molar-refractivity contribution in [2.75, 3.05) is 7.11 Å². The summed E-state index contributed by atoms with van der Waals surface area (Å²) in [5, 5.41) is 9.14. The van der Waals surface area contributed by atoms with Crippen LogP contribution in [0.3, 0.4) is 0 Å². The smallest absolute Gasteiger partial charge is 0.233 e. The highest BCUT2D eigenvalue weighted by Gasteiger charge is 2.11. The van der Waals surface area contributed by atoms with Crippen LogP contribution in [0.25, 0.3) is 10.9 Å². The van der Waals surface area contributed by atoms with Gasteiger partial charge in [-0.3, -0.25) is 4.98 Å². The van der Waals surface area contributed by atoms with Crippen molar-refractivity contribution in [1.29, 1.82) is 0 Å². The number of fused-ring (bicyclic) bond motifs is 1. The third-order valence-electron chi connectivity index (χ3n) is 3.33. The molecule has 1 aromatic carbocycles. The highest BCUT2D eigenvalue weighted by Crippen LogP contribution is 2.17. The lowest BCUT2D eigenvalue weighted by molar-refractivity contribution is 0.390. The number of hydrogen-bond donors (Lipinski definition) is 1. The van der Waals surface area contributed by atoms with Gasteiger partial charge in [-0.05, 0) is 18.2 Å². The van der Waals surface area contributed by atoms with Gasteiger partial charge in [0.05, 0.1) is 24.4 Å². The summed E-state index contributed by atoms with van der Waals surface area (Å²) in [5.41, 5.74) is 8.83. The van der Waals surface area contributed by atoms with Gasteiger partial charge in [0.1, 0.15) is 0 Å². The molecule has 0 aliphatic carbocycles. The van der Waals surface area contributed by atoms with Crippen LogP contribution in [0.1, 0.15) is 17.4 Å². The molecule has 3 aromatic rings. The fourth-order valence-corrected chi connectivity index (χ4v) is 2.19. The predicted molar refractivity (Wildman–Crippen MR) is 81.0 cm³/mol. The van der Waals surface area contributed by atoms with Crippen molar-refractivity contribution < 1.29 is 4.74 Å². The van der Waals surface area contributed by atoms with Crippen LogP contribution in [0.5, 0.6) is 5.88 Å². The molecular formula is C16H16N4O. The van der Waals surface area contributed by atoms with Crippen LogP contribution in [0, 0.1) is 0 Å². The Kier molecular flexibility index (Phi) is 3.75. The van der Waals surface area contributed by atoms with Crippen molar-refractivity contribution in [2.45, 2.75) is 12.5 Å². The quantitative estimate of drug-likeness (QED) is 0.793. The van der Waals surface area contributed by atoms with Gasteiger partial charge in [-0.25, -0.2) is 0 Å². The molecule has 3 rings (SSSR count). The Labute approximate surface area is 122 Å². The Bertz CT molecular complexity index is 743. The summed E-state index contributed by atoms with van der Waals surface area (Å²) in [7, 11) is 1.56. The fraction of sp³-hybridized carbons (Fsp3) is 0.188. The molecule has 21 heavy (non-hydrogen) atoms. The van der Waals surface area contributed by atoms with E-state index in [2.05, 4.69) is 21.2 Å². The first kappa shape index (κ1) is 13.5. The standard InChI is InChI=1S/C16H16N4O/c1-21-16-9-8-15(19-20-16)13(17)10-12-7-6-11-4-2-3-5-14(11)18-12/h2-9,13H,10,17H2,1H3. The highest BCUT2D eigenvalue weighted by atomic mass is 16.5. The Morgan fingerprint density at radius 2 is 1.90 bits per heavy atom. The van der Waals surface area contributed by atoms with Crippen LogP contribution in [0.2, 0.25) is 0 Å². The van der Waals surface area contributed by atoms with Gasteiger partial charge < -0.3 is 10.5 Å². The van der Waals surface area contributed by atoms with Crippen LogP contribution in [-0.4, -0.2) is 22.3 Å². The number of rotatable bonds is 4. The molecule has 0 aliphatic rings. The van der Waals surface area contributed by atoms with Gasteiger partial charge in [0.2, 0.25) is 5.88 Å². The monoisotopic (exact) mass is 280 g/mol. The minimum absolute atomic E-state index is 0.239. The molecule has 2 heterocycles. The largest absolute Gasteiger partial charge is 0.480 e. The van der Waals surface area contributed by atoms with E-state index < -0.39 is 0 Å². The number of pyridine rings is 1. The Morgan fingerprint density at radius 1 is 1.05 bits per heavy atom. The van der Waals surface area contributed by atoms with Gasteiger partial charge in [-0.2, -0.15) is 5.10 Å². The highest BCUT2D eigenvalue weighted by molar-refractivity contribution is 5.78. The third kappa shape index (κ3) is 2.98. The molecule has 5 nitrogen and oxygen atoms in total. The summed E-state index contributed by atoms with van der Waals surface area (Å²) in [6.45, 7) is 0. The second kappa shape index (κ2) is 5.85. The number of para-hydroxylation sites is 1. The number of nitrogens with two attached hydrogens (primary N) is 1. The summed E-state index contributed by atoms with van der Waals surface area (Å²) in [4.78, 5) is 4.62. The van der Waals surface area contributed by atoms with Crippen molar-refractivity contribution in [3.8, 4) is 5.88 Å². The van der Waals surface area contributed by atoms with E-state index in [-0.39, 0.29) is 6.04 Å². The van der Waals surface area contributed by atoms with Gasteiger partial charge in [-0.1, -0.05) is 24.3 Å². The number of ether oxygens (including phenoxy) is 1. The maximum Gasteiger partial charge on any atom is 0.233 e. The first-order chi connectivity index (χ1) is 10.3. The van der Waals surface area contributed by atoms with Crippen LogP contribution in [0.4, 0.5) is 0 Å². The van der Waals surface area contributed by atoms with Crippen molar-refractivity contribution >= 4 is 10.9 Å². The van der Waals surface area contributed by atoms with Crippen molar-refractivity contribution in [3.63, 3.8) is 0 Å². The average Bonchev–Trinajstić information content (AvgIpc) is 2.55. The molecule has 1 unspecified atom stereocenters. The van der Waals surface area contributed by atoms with E-state index in [1.54, 1.807) is 13.2 Å². The number of aromatic nitrogens is 3. The molecule has 2 N–H and O–H groups in total. The van der Waals surface area contributed by atoms with E-state index in [4.69, 9.17) is 10.5 Å². The SMILES string of the molecule is COc1ccc(C(N)Cc2ccc3ccccc3n2)nn1. The molecule has 106 valence electrons. The van der Waals surface area contributed by atoms with Crippen molar-refractivity contribution in [2.24, 2.45) is 5.73 Å². The number of benzene rings is 1. The first-order valence-electron chi connectivity index (χ1n) is 6.74. The van der Waals surface area contributed by atoms with E-state index in [1.807, 2.05) is 36.4 Å². The van der Waals surface area contributed by atoms with Crippen LogP contribution < -0.4 is 10.5 Å². The Balaban J connectivity index is 1.79. The summed E-state index contributed by atoms with van der Waals surface area (Å²) in [5.74, 6) is 0.481. The second-order valence-corrected chi connectivity index (χ2v) is 4.81. The van der Waals surface area contributed by atoms with Gasteiger partial charge in [0.25, 0.3) is 0 Å². The lowest BCUT2D eigenvalue weighted by atomic mass is 10.1. The van der Waals surface area contributed by atoms with Crippen LogP contribution in [-0.2, 0) is 6.42 Å². The summed E-state index contributed by atoms with van der Waals surface area (Å²) in [6, 6.07) is 15.4. The average molecular weight is 280 g/mol. The predicted octanol–water partition coefficient (Wildman–Crippen LogP) is 2.28. The molecule has 0 bridgehead atoms. The molecule has 0 spiro atoms. The lowest BCUT2D eigenvalue weighted by Crippen LogP contribution is -2.16. The molecule has 2 aromatic heterocycles. The molecule has 0 saturated heterocycles. The molecule has 1 atom stereocenters. The van der Waals surface area contributed by atoms with E-state index in [9.17, 15) is 0 Å². The summed E-state index contributed by atoms with van der Waals surface area (Å²) < 4.78 is 4.99. The normalized spacial score (nSPS) is 12.3. The number of nitrogens with zero attached hydrogens (tertiary/aromatic N) is 3. The zero-order chi connectivity index (χ0) is 14.7. The van der Waals surface area contributed by atoms with Crippen LogP contribution in [0.15, 0.2) is 48.5 Å². The van der Waals surface area contributed by atoms with Crippen LogP contribution >= 0.6 is 0 Å². The molecule has 0 aliphatic heterocycles. The van der Waals surface area contributed by atoms with Crippen molar-refractivity contribution in [1.82, 2.24) is 15.2 Å². The molecular weight excluding hydrogens is 264 g/mol. The Morgan fingerprint density at radius 3 is 2.67 bits per heavy atom. The van der Waals surface area contributed by atoms with E-state index in [0.29, 0.717) is 12.3 Å². The minimum atomic E-state index is -0.239. The molecule has 0 radical (unpaired) electrons. The van der Waals surface area contributed by atoms with E-state index in [0.717, 1.165) is 22.3 Å². The van der Waals surface area contributed by atoms with E-state index >= 15 is 0 Å². The molecule has 0 fully saturated rings. The molecule has 5 heteroatoms. The fourth-order valence-electron chi connectivity index (χ4n) is 2.19. The lowest BCUT2D eigenvalue weighted by Gasteiger charge is -2.10. The Hall–Kier alpha value is -2.53. The summed E-state index contributed by atoms with van der Waals surface area (Å²) in [6.07, 6.45) is 0.617. The maximum absolute atomic E-state index is 6.18. The third-order valence-corrected chi connectivity index (χ3v) is 3.33. The zero-order valence-electron chi connectivity index (χ0n) is 11.7.